The molecule has 8 heteroatoms. The molecule has 24 heavy (non-hydrogen) atoms. The number of aryl methyl sites for hydroxylation is 1. The van der Waals surface area contributed by atoms with Crippen molar-refractivity contribution in [2.24, 2.45) is 7.05 Å². The van der Waals surface area contributed by atoms with Crippen molar-refractivity contribution in [1.29, 1.82) is 0 Å². The number of carbonyl (C=O) groups is 1. The number of anilines is 1. The molecule has 3 heterocycles. The molecule has 0 radical (unpaired) electrons. The largest absolute Gasteiger partial charge is 0.386 e. The molecule has 2 aromatic rings. The molecule has 3 rings (SSSR count). The third-order valence-corrected chi connectivity index (χ3v) is 4.35. The fourth-order valence-electron chi connectivity index (χ4n) is 3.18. The van der Waals surface area contributed by atoms with Crippen LogP contribution in [0.3, 0.4) is 0 Å². The average molecular weight is 330 g/mol. The lowest BCUT2D eigenvalue weighted by atomic mass is 9.92. The maximum absolute atomic E-state index is 12.5. The van der Waals surface area contributed by atoms with E-state index in [-0.39, 0.29) is 12.5 Å². The maximum Gasteiger partial charge on any atom is 0.271 e. The summed E-state index contributed by atoms with van der Waals surface area (Å²) in [5, 5.41) is 15.0. The third kappa shape index (κ3) is 3.38. The van der Waals surface area contributed by atoms with Gasteiger partial charge in [0, 0.05) is 45.8 Å². The predicted molar refractivity (Wildman–Crippen MR) is 88.6 cm³/mol. The monoisotopic (exact) mass is 330 g/mol. The van der Waals surface area contributed by atoms with Crippen molar-refractivity contribution in [3.63, 3.8) is 0 Å². The van der Waals surface area contributed by atoms with Crippen molar-refractivity contribution in [3.8, 4) is 0 Å². The van der Waals surface area contributed by atoms with Crippen LogP contribution in [0.15, 0.2) is 30.9 Å². The lowest BCUT2D eigenvalue weighted by molar-refractivity contribution is -0.000418. The highest BCUT2D eigenvalue weighted by atomic mass is 16.3. The van der Waals surface area contributed by atoms with Crippen LogP contribution in [0.4, 0.5) is 5.82 Å². The Morgan fingerprint density at radius 3 is 2.92 bits per heavy atom. The first-order valence-electron chi connectivity index (χ1n) is 7.95. The second kappa shape index (κ2) is 6.56. The molecule has 0 bridgehead atoms. The Morgan fingerprint density at radius 2 is 2.25 bits per heavy atom. The van der Waals surface area contributed by atoms with Crippen molar-refractivity contribution >= 4 is 11.7 Å². The number of amides is 1. The van der Waals surface area contributed by atoms with E-state index in [0.29, 0.717) is 18.7 Å². The number of β-amino-alcohol motifs (C(OH)–C–C–N with tert-alkyl or cyclic N) is 1. The predicted octanol–water partition coefficient (Wildman–Crippen LogP) is 0.314. The third-order valence-electron chi connectivity index (χ3n) is 4.35. The van der Waals surface area contributed by atoms with Gasteiger partial charge in [-0.15, -0.1) is 0 Å². The summed E-state index contributed by atoms with van der Waals surface area (Å²) in [6.07, 6.45) is 8.02. The summed E-state index contributed by atoms with van der Waals surface area (Å²) in [5.41, 5.74) is -0.471. The van der Waals surface area contributed by atoms with E-state index in [1.165, 1.54) is 4.68 Å². The smallest absolute Gasteiger partial charge is 0.271 e. The van der Waals surface area contributed by atoms with Crippen LogP contribution in [-0.2, 0) is 7.05 Å². The minimum atomic E-state index is -0.973. The summed E-state index contributed by atoms with van der Waals surface area (Å²) in [6, 6.07) is 1.68. The summed E-state index contributed by atoms with van der Waals surface area (Å²) < 4.78 is 1.54. The Kier molecular flexibility index (Phi) is 4.48. The molecular formula is C16H22N6O2. The van der Waals surface area contributed by atoms with Gasteiger partial charge >= 0.3 is 0 Å². The number of hydrogen-bond donors (Lipinski definition) is 1. The second-order valence-corrected chi connectivity index (χ2v) is 6.31. The van der Waals surface area contributed by atoms with Gasteiger partial charge in [-0.3, -0.25) is 14.5 Å². The standard InChI is InChI=1S/C16H22N6O2/c1-20(15(23)13-4-6-19-21(13)2)11-16(24)5-3-9-22(12-16)14-10-17-7-8-18-14/h4,6-8,10,24H,3,5,9,11-12H2,1-2H3/t16-/m0/s1. The number of aliphatic hydroxyl groups is 1. The zero-order valence-electron chi connectivity index (χ0n) is 14.0. The molecule has 1 aliphatic rings. The van der Waals surface area contributed by atoms with Gasteiger partial charge in [0.1, 0.15) is 11.5 Å². The summed E-state index contributed by atoms with van der Waals surface area (Å²) in [4.78, 5) is 24.5. The van der Waals surface area contributed by atoms with Crippen LogP contribution in [-0.4, -0.2) is 67.9 Å². The highest BCUT2D eigenvalue weighted by Gasteiger charge is 2.36. The summed E-state index contributed by atoms with van der Waals surface area (Å²) in [6.45, 7) is 1.50. The molecule has 2 aromatic heterocycles. The minimum absolute atomic E-state index is 0.153. The van der Waals surface area contributed by atoms with Gasteiger partial charge in [0.05, 0.1) is 18.3 Å². The quantitative estimate of drug-likeness (QED) is 0.868. The van der Waals surface area contributed by atoms with Gasteiger partial charge in [0.15, 0.2) is 0 Å². The van der Waals surface area contributed by atoms with Crippen LogP contribution in [0.5, 0.6) is 0 Å². The van der Waals surface area contributed by atoms with Gasteiger partial charge in [-0.25, -0.2) is 4.98 Å². The number of rotatable bonds is 4. The van der Waals surface area contributed by atoms with Crippen molar-refractivity contribution in [3.05, 3.63) is 36.5 Å². The lowest BCUT2D eigenvalue weighted by Crippen LogP contribution is -2.55. The molecule has 0 aromatic carbocycles. The van der Waals surface area contributed by atoms with Crippen molar-refractivity contribution in [1.82, 2.24) is 24.6 Å². The van der Waals surface area contributed by atoms with Crippen LogP contribution < -0.4 is 4.90 Å². The molecule has 1 atom stereocenters. The van der Waals surface area contributed by atoms with Crippen LogP contribution >= 0.6 is 0 Å². The van der Waals surface area contributed by atoms with Gasteiger partial charge in [-0.05, 0) is 18.9 Å². The average Bonchev–Trinajstić information content (AvgIpc) is 3.00. The van der Waals surface area contributed by atoms with E-state index in [1.54, 1.807) is 49.8 Å². The Balaban J connectivity index is 1.69. The van der Waals surface area contributed by atoms with Gasteiger partial charge in [-0.2, -0.15) is 5.10 Å². The van der Waals surface area contributed by atoms with Crippen molar-refractivity contribution in [2.45, 2.75) is 18.4 Å². The van der Waals surface area contributed by atoms with E-state index in [2.05, 4.69) is 15.1 Å². The van der Waals surface area contributed by atoms with E-state index < -0.39 is 5.60 Å². The molecule has 1 fully saturated rings. The topological polar surface area (TPSA) is 87.4 Å². The summed E-state index contributed by atoms with van der Waals surface area (Å²) in [7, 11) is 3.43. The Labute approximate surface area is 140 Å². The molecule has 1 N–H and O–H groups in total. The summed E-state index contributed by atoms with van der Waals surface area (Å²) in [5.74, 6) is 0.594. The molecule has 1 amide bonds. The van der Waals surface area contributed by atoms with Crippen LogP contribution in [0, 0.1) is 0 Å². The zero-order valence-corrected chi connectivity index (χ0v) is 14.0. The van der Waals surface area contributed by atoms with Gasteiger partial charge in [0.25, 0.3) is 5.91 Å². The van der Waals surface area contributed by atoms with Gasteiger partial charge in [0.2, 0.25) is 0 Å². The van der Waals surface area contributed by atoms with Gasteiger partial charge < -0.3 is 14.9 Å². The highest BCUT2D eigenvalue weighted by molar-refractivity contribution is 5.92. The fraction of sp³-hybridized carbons (Fsp3) is 0.500. The second-order valence-electron chi connectivity index (χ2n) is 6.31. The normalized spacial score (nSPS) is 20.9. The lowest BCUT2D eigenvalue weighted by Gasteiger charge is -2.41. The molecule has 0 aliphatic carbocycles. The van der Waals surface area contributed by atoms with Crippen molar-refractivity contribution < 1.29 is 9.90 Å². The molecule has 0 spiro atoms. The first-order valence-corrected chi connectivity index (χ1v) is 7.95. The molecular weight excluding hydrogens is 308 g/mol. The number of piperidine rings is 1. The van der Waals surface area contributed by atoms with E-state index in [1.807, 2.05) is 4.90 Å². The molecule has 0 unspecified atom stereocenters. The SMILES string of the molecule is CN(C[C@@]1(O)CCCN(c2cnccn2)C1)C(=O)c1ccnn1C. The van der Waals surface area contributed by atoms with E-state index in [9.17, 15) is 9.90 Å². The Bertz CT molecular complexity index is 704. The van der Waals surface area contributed by atoms with E-state index in [0.717, 1.165) is 18.8 Å². The number of likely N-dealkylation sites (N-methyl/N-ethyl adjacent to an activating group) is 1. The van der Waals surface area contributed by atoms with Crippen molar-refractivity contribution in [2.75, 3.05) is 31.6 Å². The van der Waals surface area contributed by atoms with Crippen LogP contribution in [0.1, 0.15) is 23.3 Å². The molecule has 1 aliphatic heterocycles. The fourth-order valence-corrected chi connectivity index (χ4v) is 3.18. The van der Waals surface area contributed by atoms with Crippen LogP contribution in [0.25, 0.3) is 0 Å². The first kappa shape index (κ1) is 16.4. The Morgan fingerprint density at radius 1 is 1.42 bits per heavy atom. The number of hydrogen-bond acceptors (Lipinski definition) is 6. The number of carbonyl (C=O) groups excluding carboxylic acids is 1. The number of nitrogens with zero attached hydrogens (tertiary/aromatic N) is 6. The molecule has 8 nitrogen and oxygen atoms in total. The highest BCUT2D eigenvalue weighted by Crippen LogP contribution is 2.25. The first-order chi connectivity index (χ1) is 11.5. The van der Waals surface area contributed by atoms with Gasteiger partial charge in [-0.1, -0.05) is 0 Å². The minimum Gasteiger partial charge on any atom is -0.386 e. The molecule has 0 saturated carbocycles. The molecule has 128 valence electrons. The summed E-state index contributed by atoms with van der Waals surface area (Å²) >= 11 is 0. The van der Waals surface area contributed by atoms with E-state index in [4.69, 9.17) is 0 Å². The maximum atomic E-state index is 12.5. The molecule has 1 saturated heterocycles. The zero-order chi connectivity index (χ0) is 17.2. The number of aromatic nitrogens is 4. The van der Waals surface area contributed by atoms with E-state index >= 15 is 0 Å². The van der Waals surface area contributed by atoms with Crippen LogP contribution in [0.2, 0.25) is 0 Å². The Hall–Kier alpha value is -2.48.